The molecular formula is C21H21N3O. The van der Waals surface area contributed by atoms with Crippen molar-refractivity contribution in [1.29, 1.82) is 0 Å². The second-order valence-electron chi connectivity index (χ2n) is 6.12. The number of aromatic nitrogens is 1. The summed E-state index contributed by atoms with van der Waals surface area (Å²) in [4.78, 5) is 16.6. The molecule has 0 unspecified atom stereocenters. The summed E-state index contributed by atoms with van der Waals surface area (Å²) in [6, 6.07) is 17.3. The molecule has 25 heavy (non-hydrogen) atoms. The van der Waals surface area contributed by atoms with Crippen LogP contribution in [0.15, 0.2) is 60.8 Å². The first-order valence-electron chi connectivity index (χ1n) is 8.20. The van der Waals surface area contributed by atoms with Gasteiger partial charge in [0.15, 0.2) is 0 Å². The van der Waals surface area contributed by atoms with Gasteiger partial charge in [0.1, 0.15) is 5.82 Å². The van der Waals surface area contributed by atoms with Crippen LogP contribution < -0.4 is 10.6 Å². The summed E-state index contributed by atoms with van der Waals surface area (Å²) in [5, 5.41) is 6.17. The van der Waals surface area contributed by atoms with Gasteiger partial charge in [-0.05, 0) is 62.2 Å². The number of benzene rings is 2. The molecule has 0 bridgehead atoms. The molecule has 0 aliphatic rings. The van der Waals surface area contributed by atoms with E-state index in [0.29, 0.717) is 11.3 Å². The number of amides is 1. The van der Waals surface area contributed by atoms with Crippen LogP contribution in [0.1, 0.15) is 27.0 Å². The normalized spacial score (nSPS) is 10.4. The van der Waals surface area contributed by atoms with Gasteiger partial charge in [-0.15, -0.1) is 0 Å². The van der Waals surface area contributed by atoms with Crippen molar-refractivity contribution in [3.63, 3.8) is 0 Å². The molecule has 0 aliphatic heterocycles. The van der Waals surface area contributed by atoms with E-state index in [9.17, 15) is 4.79 Å². The van der Waals surface area contributed by atoms with Crippen molar-refractivity contribution in [3.8, 4) is 0 Å². The van der Waals surface area contributed by atoms with Crippen LogP contribution >= 0.6 is 0 Å². The molecule has 2 aromatic carbocycles. The van der Waals surface area contributed by atoms with Gasteiger partial charge in [0.2, 0.25) is 0 Å². The molecule has 1 heterocycles. The maximum atomic E-state index is 12.2. The highest BCUT2D eigenvalue weighted by atomic mass is 16.1. The van der Waals surface area contributed by atoms with Gasteiger partial charge < -0.3 is 10.6 Å². The fourth-order valence-corrected chi connectivity index (χ4v) is 2.47. The molecule has 1 amide bonds. The lowest BCUT2D eigenvalue weighted by molar-refractivity contribution is 0.102. The van der Waals surface area contributed by atoms with E-state index >= 15 is 0 Å². The number of carbonyl (C=O) groups excluding carboxylic acids is 1. The Morgan fingerprint density at radius 2 is 1.68 bits per heavy atom. The van der Waals surface area contributed by atoms with E-state index in [1.54, 1.807) is 6.20 Å². The number of nitrogens with one attached hydrogen (secondary N) is 2. The SMILES string of the molecule is Cc1ccc(C(=O)Nc2ccc(Nc3cccc(C)c3C)nc2)cc1. The lowest BCUT2D eigenvalue weighted by atomic mass is 10.1. The zero-order valence-corrected chi connectivity index (χ0v) is 14.6. The quantitative estimate of drug-likeness (QED) is 0.707. The third-order valence-corrected chi connectivity index (χ3v) is 4.20. The van der Waals surface area contributed by atoms with Crippen LogP contribution in [0.25, 0.3) is 0 Å². The maximum Gasteiger partial charge on any atom is 0.255 e. The minimum atomic E-state index is -0.142. The highest BCUT2D eigenvalue weighted by Gasteiger charge is 2.07. The molecule has 0 spiro atoms. The lowest BCUT2D eigenvalue weighted by Crippen LogP contribution is -2.12. The van der Waals surface area contributed by atoms with Crippen molar-refractivity contribution >= 4 is 23.1 Å². The van der Waals surface area contributed by atoms with Crippen LogP contribution in [0, 0.1) is 20.8 Å². The molecule has 1 aromatic heterocycles. The standard InChI is InChI=1S/C21H21N3O/c1-14-7-9-17(10-8-14)21(25)23-18-11-12-20(22-13-18)24-19-6-4-5-15(2)16(19)3/h4-13H,1-3H3,(H,22,24)(H,23,25). The molecule has 3 aromatic rings. The Morgan fingerprint density at radius 3 is 2.36 bits per heavy atom. The Hall–Kier alpha value is -3.14. The van der Waals surface area contributed by atoms with Crippen molar-refractivity contribution in [3.05, 3.63) is 83.0 Å². The van der Waals surface area contributed by atoms with E-state index in [1.807, 2.05) is 55.5 Å². The smallest absolute Gasteiger partial charge is 0.255 e. The Morgan fingerprint density at radius 1 is 0.920 bits per heavy atom. The summed E-state index contributed by atoms with van der Waals surface area (Å²) in [6.45, 7) is 6.15. The highest BCUT2D eigenvalue weighted by molar-refractivity contribution is 6.04. The third kappa shape index (κ3) is 4.04. The van der Waals surface area contributed by atoms with Crippen molar-refractivity contribution in [2.45, 2.75) is 20.8 Å². The largest absolute Gasteiger partial charge is 0.340 e. The van der Waals surface area contributed by atoms with Gasteiger partial charge in [-0.25, -0.2) is 4.98 Å². The summed E-state index contributed by atoms with van der Waals surface area (Å²) >= 11 is 0. The monoisotopic (exact) mass is 331 g/mol. The van der Waals surface area contributed by atoms with Crippen LogP contribution in [0.4, 0.5) is 17.2 Å². The van der Waals surface area contributed by atoms with E-state index in [4.69, 9.17) is 0 Å². The van der Waals surface area contributed by atoms with Gasteiger partial charge >= 0.3 is 0 Å². The van der Waals surface area contributed by atoms with E-state index in [1.165, 1.54) is 11.1 Å². The summed E-state index contributed by atoms with van der Waals surface area (Å²) in [7, 11) is 0. The average molecular weight is 331 g/mol. The number of pyridine rings is 1. The van der Waals surface area contributed by atoms with E-state index in [0.717, 1.165) is 17.1 Å². The maximum absolute atomic E-state index is 12.2. The number of nitrogens with zero attached hydrogens (tertiary/aromatic N) is 1. The molecule has 126 valence electrons. The van der Waals surface area contributed by atoms with Gasteiger partial charge in [-0.3, -0.25) is 4.79 Å². The van der Waals surface area contributed by atoms with Crippen molar-refractivity contribution < 1.29 is 4.79 Å². The third-order valence-electron chi connectivity index (χ3n) is 4.20. The fourth-order valence-electron chi connectivity index (χ4n) is 2.47. The second-order valence-corrected chi connectivity index (χ2v) is 6.12. The molecular weight excluding hydrogens is 310 g/mol. The molecule has 3 rings (SSSR count). The first-order valence-corrected chi connectivity index (χ1v) is 8.20. The highest BCUT2D eigenvalue weighted by Crippen LogP contribution is 2.22. The molecule has 0 aliphatic carbocycles. The van der Waals surface area contributed by atoms with Crippen LogP contribution in [0.2, 0.25) is 0 Å². The van der Waals surface area contributed by atoms with Gasteiger partial charge in [0.25, 0.3) is 5.91 Å². The topological polar surface area (TPSA) is 54.0 Å². The van der Waals surface area contributed by atoms with Gasteiger partial charge in [-0.2, -0.15) is 0 Å². The number of rotatable bonds is 4. The molecule has 0 radical (unpaired) electrons. The van der Waals surface area contributed by atoms with Crippen LogP contribution in [0.5, 0.6) is 0 Å². The first kappa shape index (κ1) is 16.7. The predicted molar refractivity (Wildman–Crippen MR) is 103 cm³/mol. The van der Waals surface area contributed by atoms with Crippen molar-refractivity contribution in [2.24, 2.45) is 0 Å². The molecule has 2 N–H and O–H groups in total. The van der Waals surface area contributed by atoms with Gasteiger partial charge in [-0.1, -0.05) is 29.8 Å². The van der Waals surface area contributed by atoms with E-state index in [-0.39, 0.29) is 5.91 Å². The summed E-state index contributed by atoms with van der Waals surface area (Å²) < 4.78 is 0. The van der Waals surface area contributed by atoms with Gasteiger partial charge in [0, 0.05) is 11.3 Å². The van der Waals surface area contributed by atoms with E-state index < -0.39 is 0 Å². The minimum absolute atomic E-state index is 0.142. The average Bonchev–Trinajstić information content (AvgIpc) is 2.61. The van der Waals surface area contributed by atoms with E-state index in [2.05, 4.69) is 35.5 Å². The number of hydrogen-bond donors (Lipinski definition) is 2. The molecule has 4 nitrogen and oxygen atoms in total. The molecule has 0 atom stereocenters. The van der Waals surface area contributed by atoms with Crippen LogP contribution in [0.3, 0.4) is 0 Å². The Bertz CT molecular complexity index is 884. The van der Waals surface area contributed by atoms with Crippen molar-refractivity contribution in [2.75, 3.05) is 10.6 Å². The Labute approximate surface area is 147 Å². The lowest BCUT2D eigenvalue weighted by Gasteiger charge is -2.11. The summed E-state index contributed by atoms with van der Waals surface area (Å²) in [5.74, 6) is 0.596. The zero-order chi connectivity index (χ0) is 17.8. The fraction of sp³-hybridized carbons (Fsp3) is 0.143. The predicted octanol–water partition coefficient (Wildman–Crippen LogP) is 5.00. The van der Waals surface area contributed by atoms with Gasteiger partial charge in [0.05, 0.1) is 11.9 Å². The van der Waals surface area contributed by atoms with Crippen LogP contribution in [-0.2, 0) is 0 Å². The molecule has 0 saturated heterocycles. The molecule has 0 fully saturated rings. The minimum Gasteiger partial charge on any atom is -0.340 e. The number of hydrogen-bond acceptors (Lipinski definition) is 3. The molecule has 4 heteroatoms. The molecule has 0 saturated carbocycles. The first-order chi connectivity index (χ1) is 12.0. The second kappa shape index (κ2) is 7.18. The van der Waals surface area contributed by atoms with Crippen molar-refractivity contribution in [1.82, 2.24) is 4.98 Å². The number of anilines is 3. The number of aryl methyl sites for hydroxylation is 2. The summed E-state index contributed by atoms with van der Waals surface area (Å²) in [6.07, 6.45) is 1.65. The Balaban J connectivity index is 1.69. The van der Waals surface area contributed by atoms with Crippen LogP contribution in [-0.4, -0.2) is 10.9 Å². The Kier molecular flexibility index (Phi) is 4.80. The number of carbonyl (C=O) groups is 1. The summed E-state index contributed by atoms with van der Waals surface area (Å²) in [5.41, 5.74) is 5.87. The zero-order valence-electron chi connectivity index (χ0n) is 14.6.